The highest BCUT2D eigenvalue weighted by molar-refractivity contribution is 14.1. The second kappa shape index (κ2) is 11.7. The van der Waals surface area contributed by atoms with Gasteiger partial charge >= 0.3 is 0 Å². The van der Waals surface area contributed by atoms with Crippen molar-refractivity contribution >= 4 is 51.9 Å². The van der Waals surface area contributed by atoms with E-state index in [-0.39, 0.29) is 5.57 Å². The number of hydrogen-bond donors (Lipinski definition) is 1. The third kappa shape index (κ3) is 6.95. The van der Waals surface area contributed by atoms with E-state index < -0.39 is 5.91 Å². The van der Waals surface area contributed by atoms with Gasteiger partial charge in [-0.25, -0.2) is 0 Å². The summed E-state index contributed by atoms with van der Waals surface area (Å²) < 4.78 is 7.19. The number of benzene rings is 3. The van der Waals surface area contributed by atoms with Gasteiger partial charge < -0.3 is 10.1 Å². The van der Waals surface area contributed by atoms with Gasteiger partial charge in [0.25, 0.3) is 5.91 Å². The fraction of sp³-hybridized carbons (Fsp3) is 0.111. The average Bonchev–Trinajstić information content (AvgIpc) is 2.80. The van der Waals surface area contributed by atoms with E-state index in [1.165, 1.54) is 3.57 Å². The van der Waals surface area contributed by atoms with Gasteiger partial charge in [-0.1, -0.05) is 41.9 Å². The number of anilines is 1. The van der Waals surface area contributed by atoms with Gasteiger partial charge in [0.15, 0.2) is 0 Å². The molecule has 0 bridgehead atoms. The van der Waals surface area contributed by atoms with Crippen LogP contribution in [0.15, 0.2) is 78.9 Å². The van der Waals surface area contributed by atoms with Crippen LogP contribution in [0.1, 0.15) is 22.3 Å². The molecule has 0 aliphatic carbocycles. The van der Waals surface area contributed by atoms with Crippen molar-refractivity contribution in [1.82, 2.24) is 0 Å². The lowest BCUT2D eigenvalue weighted by Crippen LogP contribution is -2.13. The Kier molecular flexibility index (Phi) is 8.70. The van der Waals surface area contributed by atoms with Crippen molar-refractivity contribution in [3.63, 3.8) is 0 Å². The fourth-order valence-electron chi connectivity index (χ4n) is 3.07. The molecule has 3 rings (SSSR count). The van der Waals surface area contributed by atoms with Gasteiger partial charge in [-0.2, -0.15) is 5.26 Å². The highest BCUT2D eigenvalue weighted by Crippen LogP contribution is 2.25. The number of aryl methyl sites for hydroxylation is 1. The van der Waals surface area contributed by atoms with E-state index >= 15 is 0 Å². The van der Waals surface area contributed by atoms with Gasteiger partial charge in [-0.15, -0.1) is 6.58 Å². The summed E-state index contributed by atoms with van der Waals surface area (Å²) in [6, 6.07) is 20.9. The largest absolute Gasteiger partial charge is 0.489 e. The smallest absolute Gasteiger partial charge is 0.266 e. The fourth-order valence-corrected chi connectivity index (χ4v) is 3.61. The van der Waals surface area contributed by atoms with Crippen molar-refractivity contribution in [1.29, 1.82) is 5.26 Å². The van der Waals surface area contributed by atoms with E-state index in [0.29, 0.717) is 23.7 Å². The van der Waals surface area contributed by atoms with Crippen LogP contribution < -0.4 is 10.1 Å². The predicted molar refractivity (Wildman–Crippen MR) is 142 cm³/mol. The Bertz CT molecular complexity index is 1240. The van der Waals surface area contributed by atoms with Gasteiger partial charge in [0, 0.05) is 14.3 Å². The van der Waals surface area contributed by atoms with Crippen molar-refractivity contribution in [2.45, 2.75) is 20.0 Å². The number of carbonyl (C=O) groups is 1. The second-order valence-corrected chi connectivity index (χ2v) is 9.02. The molecule has 1 N–H and O–H groups in total. The molecule has 0 aliphatic heterocycles. The molecule has 1 amide bonds. The van der Waals surface area contributed by atoms with Crippen molar-refractivity contribution < 1.29 is 9.53 Å². The molecule has 0 aliphatic rings. The van der Waals surface area contributed by atoms with E-state index in [1.54, 1.807) is 24.3 Å². The van der Waals surface area contributed by atoms with E-state index in [9.17, 15) is 10.1 Å². The lowest BCUT2D eigenvalue weighted by molar-refractivity contribution is -0.112. The molecule has 0 aromatic heterocycles. The third-order valence-electron chi connectivity index (χ3n) is 4.86. The van der Waals surface area contributed by atoms with E-state index in [4.69, 9.17) is 16.3 Å². The number of amides is 1. The molecule has 0 saturated heterocycles. The molecule has 3 aromatic carbocycles. The van der Waals surface area contributed by atoms with Crippen LogP contribution in [0.3, 0.4) is 0 Å². The van der Waals surface area contributed by atoms with Crippen molar-refractivity contribution in [2.24, 2.45) is 0 Å². The van der Waals surface area contributed by atoms with Gasteiger partial charge in [0.2, 0.25) is 0 Å². The lowest BCUT2D eigenvalue weighted by Gasteiger charge is -2.12. The zero-order chi connectivity index (χ0) is 23.8. The lowest BCUT2D eigenvalue weighted by atomic mass is 10.0. The highest BCUT2D eigenvalue weighted by atomic mass is 127. The van der Waals surface area contributed by atoms with Gasteiger partial charge in [0.1, 0.15) is 24.0 Å². The number of nitrogens with zero attached hydrogens (tertiary/aromatic N) is 1. The van der Waals surface area contributed by atoms with Crippen LogP contribution in [-0.4, -0.2) is 5.91 Å². The third-order valence-corrected chi connectivity index (χ3v) is 5.99. The van der Waals surface area contributed by atoms with Crippen LogP contribution in [0.2, 0.25) is 5.02 Å². The minimum absolute atomic E-state index is 0.0104. The molecular weight excluding hydrogens is 547 g/mol. The molecule has 0 atom stereocenters. The van der Waals surface area contributed by atoms with Crippen molar-refractivity contribution in [3.05, 3.63) is 110 Å². The molecule has 0 radical (unpaired) electrons. The topological polar surface area (TPSA) is 62.1 Å². The van der Waals surface area contributed by atoms with Gasteiger partial charge in [0.05, 0.1) is 0 Å². The summed E-state index contributed by atoms with van der Waals surface area (Å²) in [5.41, 5.74) is 4.15. The summed E-state index contributed by atoms with van der Waals surface area (Å²) in [7, 11) is 0. The van der Waals surface area contributed by atoms with Crippen LogP contribution >= 0.6 is 34.2 Å². The summed E-state index contributed by atoms with van der Waals surface area (Å²) in [5, 5.41) is 12.8. The van der Waals surface area contributed by atoms with Crippen LogP contribution in [-0.2, 0) is 17.8 Å². The summed E-state index contributed by atoms with van der Waals surface area (Å²) >= 11 is 8.39. The molecular formula is C27H22ClIN2O2. The number of halogens is 2. The Morgan fingerprint density at radius 1 is 1.18 bits per heavy atom. The number of carbonyl (C=O) groups excluding carboxylic acids is 1. The van der Waals surface area contributed by atoms with E-state index in [0.717, 1.165) is 28.0 Å². The number of hydrogen-bond acceptors (Lipinski definition) is 3. The summed E-state index contributed by atoms with van der Waals surface area (Å²) in [5.74, 6) is 0.240. The summed E-state index contributed by atoms with van der Waals surface area (Å²) in [4.78, 5) is 12.6. The van der Waals surface area contributed by atoms with Crippen molar-refractivity contribution in [3.8, 4) is 11.8 Å². The standard InChI is InChI=1S/C27H22ClIN2O2/c1-3-4-21-13-20(8-12-26(21)33-17-19-6-9-23(29)10-7-19)14-22(16-30)27(32)31-24-11-5-18(2)25(28)15-24/h3,5-15H,1,4,17H2,2H3,(H,31,32)/b22-14-. The van der Waals surface area contributed by atoms with Crippen LogP contribution in [0, 0.1) is 21.8 Å². The molecule has 0 fully saturated rings. The first-order chi connectivity index (χ1) is 15.9. The first kappa shape index (κ1) is 24.6. The molecule has 0 spiro atoms. The molecule has 0 heterocycles. The molecule has 0 saturated carbocycles. The number of allylic oxidation sites excluding steroid dienone is 1. The average molecular weight is 569 g/mol. The van der Waals surface area contributed by atoms with Crippen LogP contribution in [0.4, 0.5) is 5.69 Å². The number of nitrogens with one attached hydrogen (secondary N) is 1. The molecule has 166 valence electrons. The minimum atomic E-state index is -0.498. The maximum atomic E-state index is 12.6. The predicted octanol–water partition coefficient (Wildman–Crippen LogP) is 7.11. The zero-order valence-corrected chi connectivity index (χ0v) is 21.0. The number of rotatable bonds is 8. The molecule has 3 aromatic rings. The second-order valence-electron chi connectivity index (χ2n) is 7.36. The normalized spacial score (nSPS) is 10.9. The molecule has 4 nitrogen and oxygen atoms in total. The van der Waals surface area contributed by atoms with Crippen molar-refractivity contribution in [2.75, 3.05) is 5.32 Å². The minimum Gasteiger partial charge on any atom is -0.489 e. The molecule has 0 unspecified atom stereocenters. The SMILES string of the molecule is C=CCc1cc(/C=C(/C#N)C(=O)Nc2ccc(C)c(Cl)c2)ccc1OCc1ccc(I)cc1. The molecule has 33 heavy (non-hydrogen) atoms. The monoisotopic (exact) mass is 568 g/mol. The summed E-state index contributed by atoms with van der Waals surface area (Å²) in [6.07, 6.45) is 3.94. The molecule has 6 heteroatoms. The first-order valence-electron chi connectivity index (χ1n) is 10.2. The summed E-state index contributed by atoms with van der Waals surface area (Å²) in [6.45, 7) is 6.14. The number of ether oxygens (including phenoxy) is 1. The van der Waals surface area contributed by atoms with Crippen LogP contribution in [0.5, 0.6) is 5.75 Å². The Morgan fingerprint density at radius 2 is 1.94 bits per heavy atom. The first-order valence-corrected chi connectivity index (χ1v) is 11.7. The van der Waals surface area contributed by atoms with E-state index in [2.05, 4.69) is 34.5 Å². The highest BCUT2D eigenvalue weighted by Gasteiger charge is 2.12. The maximum absolute atomic E-state index is 12.6. The number of nitriles is 1. The maximum Gasteiger partial charge on any atom is 0.266 e. The van der Waals surface area contributed by atoms with E-state index in [1.807, 2.05) is 61.5 Å². The van der Waals surface area contributed by atoms with Crippen LogP contribution in [0.25, 0.3) is 6.08 Å². The van der Waals surface area contributed by atoms with Gasteiger partial charge in [-0.3, -0.25) is 4.79 Å². The van der Waals surface area contributed by atoms with Gasteiger partial charge in [-0.05, 0) is 101 Å². The Balaban J connectivity index is 1.78. The zero-order valence-electron chi connectivity index (χ0n) is 18.1. The quantitative estimate of drug-likeness (QED) is 0.136. The Hall–Kier alpha value is -3.08. The Labute approximate surface area is 212 Å². The Morgan fingerprint density at radius 3 is 2.61 bits per heavy atom.